The molecule has 17 heavy (non-hydrogen) atoms. The molecule has 0 unspecified atom stereocenters. The maximum absolute atomic E-state index is 3.56. The fourth-order valence-corrected chi connectivity index (χ4v) is 1.84. The predicted molar refractivity (Wildman–Crippen MR) is 78.5 cm³/mol. The highest BCUT2D eigenvalue weighted by molar-refractivity contribution is 4.67. The van der Waals surface area contributed by atoms with E-state index in [9.17, 15) is 0 Å². The molecule has 104 valence electrons. The lowest BCUT2D eigenvalue weighted by Gasteiger charge is -2.28. The van der Waals surface area contributed by atoms with Gasteiger partial charge < -0.3 is 5.32 Å². The maximum atomic E-state index is 3.56. The molecule has 0 atom stereocenters. The monoisotopic (exact) mass is 242 g/mol. The van der Waals surface area contributed by atoms with E-state index in [1.807, 2.05) is 0 Å². The maximum Gasteiger partial charge on any atom is 0.0110 e. The van der Waals surface area contributed by atoms with Crippen LogP contribution in [0.25, 0.3) is 0 Å². The van der Waals surface area contributed by atoms with Crippen molar-refractivity contribution in [1.82, 2.24) is 10.2 Å². The summed E-state index contributed by atoms with van der Waals surface area (Å²) in [7, 11) is 0. The average molecular weight is 242 g/mol. The van der Waals surface area contributed by atoms with Gasteiger partial charge in [0, 0.05) is 25.7 Å². The number of rotatable bonds is 8. The van der Waals surface area contributed by atoms with E-state index in [1.165, 1.54) is 19.5 Å². The number of hydrogen-bond donors (Lipinski definition) is 1. The van der Waals surface area contributed by atoms with Gasteiger partial charge in [-0.2, -0.15) is 0 Å². The van der Waals surface area contributed by atoms with E-state index in [0.717, 1.165) is 19.0 Å². The van der Waals surface area contributed by atoms with Gasteiger partial charge in [-0.15, -0.1) is 0 Å². The molecule has 0 fully saturated rings. The van der Waals surface area contributed by atoms with Crippen molar-refractivity contribution in [2.24, 2.45) is 11.3 Å². The summed E-state index contributed by atoms with van der Waals surface area (Å²) in [6, 6.07) is 0.654. The van der Waals surface area contributed by atoms with Gasteiger partial charge in [-0.3, -0.25) is 4.90 Å². The van der Waals surface area contributed by atoms with Crippen LogP contribution in [0.2, 0.25) is 0 Å². The lowest BCUT2D eigenvalue weighted by molar-refractivity contribution is 0.197. The van der Waals surface area contributed by atoms with Crippen molar-refractivity contribution in [3.05, 3.63) is 0 Å². The molecule has 0 aliphatic heterocycles. The highest BCUT2D eigenvalue weighted by Crippen LogP contribution is 2.16. The fourth-order valence-electron chi connectivity index (χ4n) is 1.84. The van der Waals surface area contributed by atoms with Crippen LogP contribution in [0.4, 0.5) is 0 Å². The number of nitrogens with zero attached hydrogens (tertiary/aromatic N) is 1. The Morgan fingerprint density at radius 3 is 2.00 bits per heavy atom. The van der Waals surface area contributed by atoms with E-state index in [-0.39, 0.29) is 0 Å². The molecule has 0 rings (SSSR count). The second kappa shape index (κ2) is 8.10. The van der Waals surface area contributed by atoms with Gasteiger partial charge in [0.2, 0.25) is 0 Å². The average Bonchev–Trinajstić information content (AvgIpc) is 2.12. The first-order valence-corrected chi connectivity index (χ1v) is 7.17. The molecule has 0 spiro atoms. The summed E-state index contributed by atoms with van der Waals surface area (Å²) in [5.74, 6) is 0.756. The molecule has 1 N–H and O–H groups in total. The van der Waals surface area contributed by atoms with Gasteiger partial charge in [-0.25, -0.2) is 0 Å². The summed E-state index contributed by atoms with van der Waals surface area (Å²) in [5, 5.41) is 3.56. The standard InChI is InChI=1S/C15H34N2/c1-13(2)12-17(14(3)4)11-10-16-9-8-15(5,6)7/h13-14,16H,8-12H2,1-7H3. The molecule has 2 heteroatoms. The quantitative estimate of drug-likeness (QED) is 0.657. The Labute approximate surface area is 109 Å². The molecule has 0 heterocycles. The van der Waals surface area contributed by atoms with Gasteiger partial charge in [-0.1, -0.05) is 34.6 Å². The molecule has 0 radical (unpaired) electrons. The zero-order valence-electron chi connectivity index (χ0n) is 13.1. The molecule has 0 saturated carbocycles. The van der Waals surface area contributed by atoms with Gasteiger partial charge >= 0.3 is 0 Å². The van der Waals surface area contributed by atoms with Gasteiger partial charge in [0.15, 0.2) is 0 Å². The minimum absolute atomic E-state index is 0.447. The minimum Gasteiger partial charge on any atom is -0.315 e. The topological polar surface area (TPSA) is 15.3 Å². The van der Waals surface area contributed by atoms with Crippen molar-refractivity contribution in [2.75, 3.05) is 26.2 Å². The summed E-state index contributed by atoms with van der Waals surface area (Å²) < 4.78 is 0. The molecular weight excluding hydrogens is 208 g/mol. The van der Waals surface area contributed by atoms with E-state index in [0.29, 0.717) is 11.5 Å². The predicted octanol–water partition coefficient (Wildman–Crippen LogP) is 3.38. The van der Waals surface area contributed by atoms with E-state index in [1.54, 1.807) is 0 Å². The van der Waals surface area contributed by atoms with Crippen molar-refractivity contribution in [3.8, 4) is 0 Å². The molecule has 0 aliphatic carbocycles. The first-order valence-electron chi connectivity index (χ1n) is 7.17. The molecule has 0 bridgehead atoms. The van der Waals surface area contributed by atoms with Crippen molar-refractivity contribution in [3.63, 3.8) is 0 Å². The molecule has 0 amide bonds. The van der Waals surface area contributed by atoms with Crippen molar-refractivity contribution < 1.29 is 0 Å². The summed E-state index contributed by atoms with van der Waals surface area (Å²) >= 11 is 0. The smallest absolute Gasteiger partial charge is 0.0110 e. The third-order valence-electron chi connectivity index (χ3n) is 2.96. The van der Waals surface area contributed by atoms with E-state index < -0.39 is 0 Å². The van der Waals surface area contributed by atoms with Crippen LogP contribution in [0, 0.1) is 11.3 Å². The van der Waals surface area contributed by atoms with E-state index in [4.69, 9.17) is 0 Å². The van der Waals surface area contributed by atoms with Gasteiger partial charge in [0.1, 0.15) is 0 Å². The zero-order chi connectivity index (χ0) is 13.5. The van der Waals surface area contributed by atoms with Crippen LogP contribution in [-0.2, 0) is 0 Å². The van der Waals surface area contributed by atoms with Gasteiger partial charge in [0.25, 0.3) is 0 Å². The fraction of sp³-hybridized carbons (Fsp3) is 1.00. The Bertz CT molecular complexity index is 180. The van der Waals surface area contributed by atoms with Crippen LogP contribution in [0.5, 0.6) is 0 Å². The Kier molecular flexibility index (Phi) is 8.06. The lowest BCUT2D eigenvalue weighted by Crippen LogP contribution is -2.39. The summed E-state index contributed by atoms with van der Waals surface area (Å²) in [6.07, 6.45) is 1.25. The van der Waals surface area contributed by atoms with E-state index >= 15 is 0 Å². The van der Waals surface area contributed by atoms with Crippen LogP contribution in [0.15, 0.2) is 0 Å². The van der Waals surface area contributed by atoms with Crippen LogP contribution in [-0.4, -0.2) is 37.1 Å². The largest absolute Gasteiger partial charge is 0.315 e. The Hall–Kier alpha value is -0.0800. The Morgan fingerprint density at radius 1 is 1.00 bits per heavy atom. The van der Waals surface area contributed by atoms with Crippen molar-refractivity contribution in [2.45, 2.75) is 60.9 Å². The second-order valence-electron chi connectivity index (χ2n) is 7.04. The lowest BCUT2D eigenvalue weighted by atomic mass is 9.92. The first kappa shape index (κ1) is 16.9. The Morgan fingerprint density at radius 2 is 1.59 bits per heavy atom. The SMILES string of the molecule is CC(C)CN(CCNCCC(C)(C)C)C(C)C. The van der Waals surface area contributed by atoms with Crippen LogP contribution >= 0.6 is 0 Å². The Balaban J connectivity index is 3.69. The zero-order valence-corrected chi connectivity index (χ0v) is 13.1. The second-order valence-corrected chi connectivity index (χ2v) is 7.04. The highest BCUT2D eigenvalue weighted by atomic mass is 15.2. The summed E-state index contributed by atoms with van der Waals surface area (Å²) in [6.45, 7) is 20.7. The molecule has 0 aromatic rings. The molecular formula is C15H34N2. The molecule has 0 saturated heterocycles. The summed E-state index contributed by atoms with van der Waals surface area (Å²) in [4.78, 5) is 2.56. The summed E-state index contributed by atoms with van der Waals surface area (Å²) in [5.41, 5.74) is 0.447. The van der Waals surface area contributed by atoms with Gasteiger partial charge in [-0.05, 0) is 38.1 Å². The normalized spacial score (nSPS) is 13.1. The van der Waals surface area contributed by atoms with Crippen LogP contribution in [0.3, 0.4) is 0 Å². The third kappa shape index (κ3) is 10.8. The molecule has 0 aromatic heterocycles. The molecule has 0 aliphatic rings. The van der Waals surface area contributed by atoms with E-state index in [2.05, 4.69) is 58.7 Å². The minimum atomic E-state index is 0.447. The third-order valence-corrected chi connectivity index (χ3v) is 2.96. The van der Waals surface area contributed by atoms with Crippen LogP contribution in [0.1, 0.15) is 54.9 Å². The first-order chi connectivity index (χ1) is 7.72. The van der Waals surface area contributed by atoms with Crippen molar-refractivity contribution in [1.29, 1.82) is 0 Å². The molecule has 2 nitrogen and oxygen atoms in total. The number of hydrogen-bond acceptors (Lipinski definition) is 2. The van der Waals surface area contributed by atoms with Crippen molar-refractivity contribution >= 4 is 0 Å². The molecule has 0 aromatic carbocycles. The van der Waals surface area contributed by atoms with Crippen LogP contribution < -0.4 is 5.32 Å². The van der Waals surface area contributed by atoms with Gasteiger partial charge in [0.05, 0.1) is 0 Å². The number of nitrogens with one attached hydrogen (secondary N) is 1. The highest BCUT2D eigenvalue weighted by Gasteiger charge is 2.11.